The number of rotatable bonds is 5. The highest BCUT2D eigenvalue weighted by Crippen LogP contribution is 2.31. The normalized spacial score (nSPS) is 14.8. The van der Waals surface area contributed by atoms with Gasteiger partial charge in [0.25, 0.3) is 0 Å². The van der Waals surface area contributed by atoms with E-state index in [-0.39, 0.29) is 0 Å². The summed E-state index contributed by atoms with van der Waals surface area (Å²) in [5, 5.41) is 14.5. The lowest BCUT2D eigenvalue weighted by Gasteiger charge is -2.14. The molecule has 1 heterocycles. The Kier molecular flexibility index (Phi) is 4.60. The summed E-state index contributed by atoms with van der Waals surface area (Å²) in [5.74, 6) is -0.903. The number of aromatic carboxylic acids is 1. The fourth-order valence-corrected chi connectivity index (χ4v) is 3.98. The van der Waals surface area contributed by atoms with Crippen LogP contribution in [0.2, 0.25) is 5.02 Å². The lowest BCUT2D eigenvalue weighted by Crippen LogP contribution is -2.14. The van der Waals surface area contributed by atoms with Crippen LogP contribution in [0.3, 0.4) is 0 Å². The number of anilines is 1. The average molecular weight is 369 g/mol. The number of aromatic amines is 1. The van der Waals surface area contributed by atoms with Gasteiger partial charge in [-0.3, -0.25) is 0 Å². The summed E-state index contributed by atoms with van der Waals surface area (Å²) in [6.45, 7) is 0. The number of carboxylic acid groups (broad SMARTS) is 1. The number of fused-ring (bicyclic) bond motifs is 1. The molecule has 0 bridgehead atoms. The van der Waals surface area contributed by atoms with Gasteiger partial charge in [0.15, 0.2) is 0 Å². The summed E-state index contributed by atoms with van der Waals surface area (Å²) >= 11 is 6.32. The first-order chi connectivity index (χ1) is 12.6. The molecule has 4 nitrogen and oxygen atoms in total. The number of carboxylic acids is 1. The number of benzene rings is 2. The van der Waals surface area contributed by atoms with Crippen LogP contribution in [0.15, 0.2) is 42.5 Å². The first-order valence-electron chi connectivity index (χ1n) is 8.98. The van der Waals surface area contributed by atoms with Gasteiger partial charge in [-0.1, -0.05) is 36.6 Å². The SMILES string of the molecule is O=C(O)c1ccc(Cc2cc3cc(Cl)cc(NC4CCCC4)c3[nH]2)cc1. The summed E-state index contributed by atoms with van der Waals surface area (Å²) in [7, 11) is 0. The van der Waals surface area contributed by atoms with Crippen LogP contribution in [0.5, 0.6) is 0 Å². The fraction of sp³-hybridized carbons (Fsp3) is 0.286. The van der Waals surface area contributed by atoms with Crippen molar-refractivity contribution >= 4 is 34.2 Å². The van der Waals surface area contributed by atoms with Crippen LogP contribution in [0.1, 0.15) is 47.3 Å². The second kappa shape index (κ2) is 7.04. The Balaban J connectivity index is 1.61. The van der Waals surface area contributed by atoms with E-state index in [0.29, 0.717) is 11.6 Å². The molecule has 0 spiro atoms. The molecule has 0 aliphatic heterocycles. The molecule has 3 N–H and O–H groups in total. The first-order valence-corrected chi connectivity index (χ1v) is 9.36. The number of halogens is 1. The number of hydrogen-bond donors (Lipinski definition) is 3. The van der Waals surface area contributed by atoms with E-state index in [4.69, 9.17) is 16.7 Å². The average Bonchev–Trinajstić information content (AvgIpc) is 3.24. The van der Waals surface area contributed by atoms with Crippen LogP contribution in [0.4, 0.5) is 5.69 Å². The van der Waals surface area contributed by atoms with Crippen molar-refractivity contribution in [2.45, 2.75) is 38.1 Å². The van der Waals surface area contributed by atoms with Gasteiger partial charge in [-0.05, 0) is 48.7 Å². The molecule has 3 aromatic rings. The van der Waals surface area contributed by atoms with Gasteiger partial charge in [-0.25, -0.2) is 4.79 Å². The standard InChI is InChI=1S/C21H21ClN2O2/c22-16-10-15-11-18(9-13-5-7-14(8-6-13)21(25)26)24-20(15)19(12-16)23-17-3-1-2-4-17/h5-8,10-12,17,23-24H,1-4,9H2,(H,25,26). The Hall–Kier alpha value is -2.46. The van der Waals surface area contributed by atoms with Gasteiger partial charge in [0.1, 0.15) is 0 Å². The molecule has 134 valence electrons. The molecular weight excluding hydrogens is 348 g/mol. The zero-order valence-corrected chi connectivity index (χ0v) is 15.1. The minimum absolute atomic E-state index is 0.306. The van der Waals surface area contributed by atoms with Crippen LogP contribution in [0.25, 0.3) is 10.9 Å². The maximum Gasteiger partial charge on any atom is 0.335 e. The lowest BCUT2D eigenvalue weighted by molar-refractivity contribution is 0.0697. The van der Waals surface area contributed by atoms with Crippen LogP contribution < -0.4 is 5.32 Å². The molecule has 0 saturated heterocycles. The molecule has 1 aliphatic rings. The Morgan fingerprint density at radius 1 is 1.15 bits per heavy atom. The summed E-state index contributed by atoms with van der Waals surface area (Å²) in [6, 6.07) is 13.6. The van der Waals surface area contributed by atoms with Gasteiger partial charge >= 0.3 is 5.97 Å². The van der Waals surface area contributed by atoms with Gasteiger partial charge in [-0.15, -0.1) is 0 Å². The van der Waals surface area contributed by atoms with E-state index in [1.54, 1.807) is 12.1 Å². The molecule has 0 unspecified atom stereocenters. The molecular formula is C21H21ClN2O2. The monoisotopic (exact) mass is 368 g/mol. The molecule has 0 atom stereocenters. The first kappa shape index (κ1) is 17.0. The maximum absolute atomic E-state index is 11.0. The van der Waals surface area contributed by atoms with E-state index in [2.05, 4.69) is 16.4 Å². The molecule has 0 radical (unpaired) electrons. The third kappa shape index (κ3) is 3.56. The van der Waals surface area contributed by atoms with Gasteiger partial charge in [0.05, 0.1) is 16.8 Å². The van der Waals surface area contributed by atoms with E-state index < -0.39 is 5.97 Å². The number of H-pyrrole nitrogens is 1. The van der Waals surface area contributed by atoms with Crippen molar-refractivity contribution in [3.05, 3.63) is 64.3 Å². The largest absolute Gasteiger partial charge is 0.478 e. The maximum atomic E-state index is 11.0. The number of aromatic nitrogens is 1. The van der Waals surface area contributed by atoms with E-state index in [0.717, 1.165) is 39.3 Å². The predicted octanol–water partition coefficient (Wildman–Crippen LogP) is 5.46. The zero-order chi connectivity index (χ0) is 18.1. The molecule has 1 fully saturated rings. The Morgan fingerprint density at radius 3 is 2.58 bits per heavy atom. The van der Waals surface area contributed by atoms with Crippen LogP contribution in [-0.4, -0.2) is 22.1 Å². The summed E-state index contributed by atoms with van der Waals surface area (Å²) < 4.78 is 0. The van der Waals surface area contributed by atoms with Crippen LogP contribution in [0, 0.1) is 0 Å². The van der Waals surface area contributed by atoms with Crippen molar-refractivity contribution in [2.24, 2.45) is 0 Å². The number of carbonyl (C=O) groups is 1. The quantitative estimate of drug-likeness (QED) is 0.559. The van der Waals surface area contributed by atoms with Gasteiger partial charge in [0.2, 0.25) is 0 Å². The Morgan fingerprint density at radius 2 is 1.88 bits per heavy atom. The highest BCUT2D eigenvalue weighted by atomic mass is 35.5. The van der Waals surface area contributed by atoms with Crippen molar-refractivity contribution in [1.82, 2.24) is 4.98 Å². The van der Waals surface area contributed by atoms with Crippen LogP contribution in [-0.2, 0) is 6.42 Å². The van der Waals surface area contributed by atoms with Crippen LogP contribution >= 0.6 is 11.6 Å². The molecule has 1 saturated carbocycles. The topological polar surface area (TPSA) is 65.1 Å². The summed E-state index contributed by atoms with van der Waals surface area (Å²) in [6.07, 6.45) is 5.69. The van der Waals surface area contributed by atoms with E-state index in [1.807, 2.05) is 24.3 Å². The van der Waals surface area contributed by atoms with Crippen molar-refractivity contribution in [1.29, 1.82) is 0 Å². The highest BCUT2D eigenvalue weighted by molar-refractivity contribution is 6.31. The van der Waals surface area contributed by atoms with Crippen molar-refractivity contribution in [2.75, 3.05) is 5.32 Å². The molecule has 26 heavy (non-hydrogen) atoms. The minimum Gasteiger partial charge on any atom is -0.478 e. The summed E-state index contributed by atoms with van der Waals surface area (Å²) in [5.41, 5.74) is 4.60. The Labute approximate surface area is 157 Å². The highest BCUT2D eigenvalue weighted by Gasteiger charge is 2.17. The second-order valence-corrected chi connectivity index (χ2v) is 7.45. The predicted molar refractivity (Wildman–Crippen MR) is 105 cm³/mol. The molecule has 1 aromatic heterocycles. The van der Waals surface area contributed by atoms with E-state index in [1.165, 1.54) is 25.7 Å². The van der Waals surface area contributed by atoms with Crippen molar-refractivity contribution in [3.63, 3.8) is 0 Å². The smallest absolute Gasteiger partial charge is 0.335 e. The lowest BCUT2D eigenvalue weighted by atomic mass is 10.1. The molecule has 1 aliphatic carbocycles. The molecule has 4 rings (SSSR count). The third-order valence-electron chi connectivity index (χ3n) is 5.06. The van der Waals surface area contributed by atoms with Gasteiger partial charge in [0, 0.05) is 28.6 Å². The number of nitrogens with one attached hydrogen (secondary N) is 2. The minimum atomic E-state index is -0.903. The van der Waals surface area contributed by atoms with Crippen molar-refractivity contribution < 1.29 is 9.90 Å². The number of hydrogen-bond acceptors (Lipinski definition) is 2. The van der Waals surface area contributed by atoms with E-state index in [9.17, 15) is 4.79 Å². The molecule has 2 aromatic carbocycles. The van der Waals surface area contributed by atoms with Gasteiger partial charge < -0.3 is 15.4 Å². The third-order valence-corrected chi connectivity index (χ3v) is 5.28. The van der Waals surface area contributed by atoms with E-state index >= 15 is 0 Å². The Bertz CT molecular complexity index is 941. The van der Waals surface area contributed by atoms with Crippen molar-refractivity contribution in [3.8, 4) is 0 Å². The van der Waals surface area contributed by atoms with Gasteiger partial charge in [-0.2, -0.15) is 0 Å². The molecule has 0 amide bonds. The second-order valence-electron chi connectivity index (χ2n) is 7.02. The fourth-order valence-electron chi connectivity index (χ4n) is 3.75. The molecule has 5 heteroatoms. The summed E-state index contributed by atoms with van der Waals surface area (Å²) in [4.78, 5) is 14.5. The zero-order valence-electron chi connectivity index (χ0n) is 14.4.